The van der Waals surface area contributed by atoms with Crippen LogP contribution in [0.3, 0.4) is 0 Å². The number of rotatable bonds is 3. The van der Waals surface area contributed by atoms with Gasteiger partial charge in [-0.1, -0.05) is 0 Å². The Labute approximate surface area is 104 Å². The van der Waals surface area contributed by atoms with Crippen molar-refractivity contribution in [2.75, 3.05) is 11.5 Å². The molecule has 6 heteroatoms. The molecule has 0 saturated carbocycles. The molecule has 1 saturated heterocycles. The average molecular weight is 279 g/mol. The van der Waals surface area contributed by atoms with Gasteiger partial charge in [-0.25, -0.2) is 8.42 Å². The molecule has 0 aromatic heterocycles. The van der Waals surface area contributed by atoms with Gasteiger partial charge in [0.2, 0.25) is 0 Å². The summed E-state index contributed by atoms with van der Waals surface area (Å²) in [4.78, 5) is 0.0994. The molecule has 0 radical (unpaired) electrons. The van der Waals surface area contributed by atoms with Gasteiger partial charge in [-0.2, -0.15) is 11.8 Å². The lowest BCUT2D eigenvalue weighted by Gasteiger charge is -2.12. The molecule has 0 spiro atoms. The lowest BCUT2D eigenvalue weighted by Crippen LogP contribution is -2.14. The number of thioether (sulfide) groups is 1. The second-order valence-corrected chi connectivity index (χ2v) is 7.23. The molecule has 1 aliphatic heterocycles. The van der Waals surface area contributed by atoms with E-state index >= 15 is 0 Å². The fourth-order valence-electron chi connectivity index (χ4n) is 1.48. The van der Waals surface area contributed by atoms with E-state index in [1.807, 2.05) is 11.8 Å². The third kappa shape index (κ3) is 3.06. The largest absolute Gasteiger partial charge is 0.490 e. The van der Waals surface area contributed by atoms with Gasteiger partial charge < -0.3 is 4.74 Å². The minimum atomic E-state index is -3.63. The monoisotopic (exact) mass is 278 g/mol. The molecule has 1 fully saturated rings. The third-order valence-corrected chi connectivity index (χ3v) is 4.80. The minimum Gasteiger partial charge on any atom is -0.490 e. The summed E-state index contributed by atoms with van der Waals surface area (Å²) in [7, 11) is 1.57. The summed E-state index contributed by atoms with van der Waals surface area (Å²) in [6.45, 7) is 0. The molecule has 0 N–H and O–H groups in total. The molecule has 0 amide bonds. The highest BCUT2D eigenvalue weighted by Gasteiger charge is 2.17. The molecule has 16 heavy (non-hydrogen) atoms. The van der Waals surface area contributed by atoms with Gasteiger partial charge in [-0.05, 0) is 36.4 Å². The standard InChI is InChI=1S/C10H11ClO3S2/c11-16(12,13)10-3-1-8(2-4-10)14-9-5-6-15-7-9/h1-4,9H,5-7H2. The smallest absolute Gasteiger partial charge is 0.261 e. The van der Waals surface area contributed by atoms with Crippen molar-refractivity contribution in [3.63, 3.8) is 0 Å². The normalized spacial score (nSPS) is 20.9. The first-order valence-electron chi connectivity index (χ1n) is 4.85. The van der Waals surface area contributed by atoms with Crippen molar-refractivity contribution in [3.05, 3.63) is 24.3 Å². The summed E-state index contributed by atoms with van der Waals surface area (Å²) in [5.41, 5.74) is 0. The molecule has 1 aliphatic rings. The summed E-state index contributed by atoms with van der Waals surface area (Å²) in [6, 6.07) is 6.19. The van der Waals surface area contributed by atoms with E-state index in [0.717, 1.165) is 17.9 Å². The van der Waals surface area contributed by atoms with Crippen LogP contribution in [0, 0.1) is 0 Å². The molecular weight excluding hydrogens is 268 g/mol. The van der Waals surface area contributed by atoms with Crippen LogP contribution in [0.5, 0.6) is 5.75 Å². The first kappa shape index (κ1) is 12.1. The third-order valence-electron chi connectivity index (χ3n) is 2.30. The average Bonchev–Trinajstić information content (AvgIpc) is 2.70. The van der Waals surface area contributed by atoms with Crippen LogP contribution in [0.2, 0.25) is 0 Å². The highest BCUT2D eigenvalue weighted by Crippen LogP contribution is 2.24. The Morgan fingerprint density at radius 1 is 1.31 bits per heavy atom. The SMILES string of the molecule is O=S(=O)(Cl)c1ccc(OC2CCSC2)cc1. The number of ether oxygens (including phenoxy) is 1. The molecule has 88 valence electrons. The number of benzene rings is 1. The molecule has 1 aromatic rings. The number of hydrogen-bond donors (Lipinski definition) is 0. The Kier molecular flexibility index (Phi) is 3.66. The van der Waals surface area contributed by atoms with Gasteiger partial charge in [0.05, 0.1) is 4.90 Å². The lowest BCUT2D eigenvalue weighted by atomic mass is 10.3. The van der Waals surface area contributed by atoms with Gasteiger partial charge in [0.1, 0.15) is 11.9 Å². The Hall–Kier alpha value is -0.390. The fourth-order valence-corrected chi connectivity index (χ4v) is 3.34. The molecule has 1 atom stereocenters. The molecule has 1 unspecified atom stereocenters. The highest BCUT2D eigenvalue weighted by molar-refractivity contribution is 8.13. The van der Waals surface area contributed by atoms with E-state index in [0.29, 0.717) is 5.75 Å². The Morgan fingerprint density at radius 3 is 2.50 bits per heavy atom. The van der Waals surface area contributed by atoms with Crippen molar-refractivity contribution in [2.24, 2.45) is 0 Å². The van der Waals surface area contributed by atoms with E-state index in [4.69, 9.17) is 15.4 Å². The fraction of sp³-hybridized carbons (Fsp3) is 0.400. The quantitative estimate of drug-likeness (QED) is 0.797. The Morgan fingerprint density at radius 2 is 2.00 bits per heavy atom. The van der Waals surface area contributed by atoms with Crippen molar-refractivity contribution in [2.45, 2.75) is 17.4 Å². The maximum atomic E-state index is 11.0. The van der Waals surface area contributed by atoms with E-state index in [1.54, 1.807) is 12.1 Å². The number of hydrogen-bond acceptors (Lipinski definition) is 4. The van der Waals surface area contributed by atoms with Crippen LogP contribution in [0.25, 0.3) is 0 Å². The van der Waals surface area contributed by atoms with Crippen molar-refractivity contribution in [1.29, 1.82) is 0 Å². The highest BCUT2D eigenvalue weighted by atomic mass is 35.7. The van der Waals surface area contributed by atoms with Gasteiger partial charge in [0, 0.05) is 16.4 Å². The molecule has 1 aromatic carbocycles. The van der Waals surface area contributed by atoms with E-state index in [2.05, 4.69) is 0 Å². The summed E-state index contributed by atoms with van der Waals surface area (Å²) < 4.78 is 27.7. The molecular formula is C10H11ClO3S2. The summed E-state index contributed by atoms with van der Waals surface area (Å²) >= 11 is 1.87. The van der Waals surface area contributed by atoms with Crippen LogP contribution >= 0.6 is 22.4 Å². The predicted octanol–water partition coefficient (Wildman–Crippen LogP) is 2.50. The summed E-state index contributed by atoms with van der Waals surface area (Å²) in [5.74, 6) is 2.81. The van der Waals surface area contributed by atoms with Gasteiger partial charge in [-0.15, -0.1) is 0 Å². The predicted molar refractivity (Wildman–Crippen MR) is 65.8 cm³/mol. The van der Waals surface area contributed by atoms with Gasteiger partial charge in [-0.3, -0.25) is 0 Å². The molecule has 1 heterocycles. The molecule has 0 aliphatic carbocycles. The van der Waals surface area contributed by atoms with Crippen molar-refractivity contribution in [1.82, 2.24) is 0 Å². The maximum absolute atomic E-state index is 11.0. The second-order valence-electron chi connectivity index (χ2n) is 3.51. The van der Waals surface area contributed by atoms with E-state index in [9.17, 15) is 8.42 Å². The summed E-state index contributed by atoms with van der Waals surface area (Å²) in [5, 5.41) is 0. The number of halogens is 1. The zero-order valence-corrected chi connectivity index (χ0v) is 10.8. The molecule has 3 nitrogen and oxygen atoms in total. The van der Waals surface area contributed by atoms with Crippen LogP contribution in [0.4, 0.5) is 0 Å². The van der Waals surface area contributed by atoms with Crippen molar-refractivity contribution in [3.8, 4) is 5.75 Å². The van der Waals surface area contributed by atoms with Crippen molar-refractivity contribution >= 4 is 31.5 Å². The lowest BCUT2D eigenvalue weighted by molar-refractivity contribution is 0.229. The van der Waals surface area contributed by atoms with E-state index in [-0.39, 0.29) is 11.0 Å². The zero-order valence-electron chi connectivity index (χ0n) is 8.43. The minimum absolute atomic E-state index is 0.0994. The topological polar surface area (TPSA) is 43.4 Å². The molecule has 0 bridgehead atoms. The molecule has 2 rings (SSSR count). The summed E-state index contributed by atoms with van der Waals surface area (Å²) in [6.07, 6.45) is 1.28. The maximum Gasteiger partial charge on any atom is 0.261 e. The van der Waals surface area contributed by atoms with Crippen LogP contribution < -0.4 is 4.74 Å². The van der Waals surface area contributed by atoms with Gasteiger partial charge in [0.15, 0.2) is 0 Å². The van der Waals surface area contributed by atoms with Gasteiger partial charge in [0.25, 0.3) is 9.05 Å². The van der Waals surface area contributed by atoms with Crippen molar-refractivity contribution < 1.29 is 13.2 Å². The van der Waals surface area contributed by atoms with E-state index < -0.39 is 9.05 Å². The van der Waals surface area contributed by atoms with Crippen LogP contribution in [0.15, 0.2) is 29.2 Å². The van der Waals surface area contributed by atoms with Gasteiger partial charge >= 0.3 is 0 Å². The Bertz CT molecular complexity index is 449. The second kappa shape index (κ2) is 4.85. The zero-order chi connectivity index (χ0) is 11.6. The first-order chi connectivity index (χ1) is 7.55. The first-order valence-corrected chi connectivity index (χ1v) is 8.31. The van der Waals surface area contributed by atoms with E-state index in [1.165, 1.54) is 12.1 Å². The van der Waals surface area contributed by atoms with Crippen LogP contribution in [-0.2, 0) is 9.05 Å². The Balaban J connectivity index is 2.07. The van der Waals surface area contributed by atoms with Crippen LogP contribution in [-0.4, -0.2) is 26.0 Å². The van der Waals surface area contributed by atoms with Crippen LogP contribution in [0.1, 0.15) is 6.42 Å².